The fraction of sp³-hybridized carbons (Fsp3) is 0.333. The first-order chi connectivity index (χ1) is 19.6. The molecule has 2 amide bonds. The summed E-state index contributed by atoms with van der Waals surface area (Å²) >= 11 is 19.0. The van der Waals surface area contributed by atoms with Gasteiger partial charge in [-0.15, -0.1) is 0 Å². The highest BCUT2D eigenvalue weighted by atomic mass is 35.5. The molecular formula is C30H32Cl3N3O4S. The average molecular weight is 637 g/mol. The molecule has 0 spiro atoms. The molecule has 1 saturated carbocycles. The number of carbonyl (C=O) groups excluding carboxylic acids is 2. The van der Waals surface area contributed by atoms with Crippen molar-refractivity contribution < 1.29 is 18.0 Å². The Morgan fingerprint density at radius 1 is 0.902 bits per heavy atom. The molecule has 0 aromatic heterocycles. The summed E-state index contributed by atoms with van der Waals surface area (Å²) in [4.78, 5) is 28.8. The maximum absolute atomic E-state index is 14.1. The summed E-state index contributed by atoms with van der Waals surface area (Å²) in [5.74, 6) is -0.910. The molecule has 3 aromatic rings. The van der Waals surface area contributed by atoms with E-state index in [1.165, 1.54) is 23.1 Å². The van der Waals surface area contributed by atoms with Crippen LogP contribution in [0.15, 0.2) is 77.7 Å². The van der Waals surface area contributed by atoms with Crippen molar-refractivity contribution in [3.05, 3.63) is 93.4 Å². The van der Waals surface area contributed by atoms with E-state index in [4.69, 9.17) is 34.8 Å². The van der Waals surface area contributed by atoms with Crippen molar-refractivity contribution >= 4 is 62.3 Å². The van der Waals surface area contributed by atoms with Crippen LogP contribution >= 0.6 is 34.8 Å². The summed E-state index contributed by atoms with van der Waals surface area (Å²) in [7, 11) is -4.20. The molecule has 0 radical (unpaired) electrons. The zero-order valence-corrected chi connectivity index (χ0v) is 25.7. The van der Waals surface area contributed by atoms with Gasteiger partial charge in [-0.2, -0.15) is 0 Å². The summed E-state index contributed by atoms with van der Waals surface area (Å²) in [5, 5.41) is 3.99. The van der Waals surface area contributed by atoms with Crippen LogP contribution in [-0.2, 0) is 26.2 Å². The Morgan fingerprint density at radius 3 is 2.22 bits per heavy atom. The van der Waals surface area contributed by atoms with Crippen molar-refractivity contribution in [3.63, 3.8) is 0 Å². The minimum absolute atomic E-state index is 0.00288. The lowest BCUT2D eigenvalue weighted by Gasteiger charge is -2.33. The number of nitrogens with zero attached hydrogens (tertiary/aromatic N) is 2. The molecule has 1 N–H and O–H groups in total. The molecule has 7 nitrogen and oxygen atoms in total. The van der Waals surface area contributed by atoms with Crippen LogP contribution in [-0.4, -0.2) is 43.8 Å². The molecular weight excluding hydrogens is 605 g/mol. The molecule has 3 aromatic carbocycles. The van der Waals surface area contributed by atoms with Crippen LogP contribution in [0.4, 0.5) is 5.69 Å². The van der Waals surface area contributed by atoms with E-state index in [1.54, 1.807) is 61.5 Å². The van der Waals surface area contributed by atoms with Gasteiger partial charge in [0.25, 0.3) is 10.0 Å². The van der Waals surface area contributed by atoms with Gasteiger partial charge in [-0.25, -0.2) is 8.42 Å². The van der Waals surface area contributed by atoms with E-state index in [0.29, 0.717) is 15.6 Å². The number of hydrogen-bond donors (Lipinski definition) is 1. The third-order valence-corrected chi connectivity index (χ3v) is 9.89. The van der Waals surface area contributed by atoms with Crippen LogP contribution in [0.5, 0.6) is 0 Å². The molecule has 0 aliphatic heterocycles. The Labute approximate surface area is 256 Å². The largest absolute Gasteiger partial charge is 0.352 e. The third kappa shape index (κ3) is 7.74. The number of rotatable bonds is 10. The van der Waals surface area contributed by atoms with Crippen molar-refractivity contribution in [3.8, 4) is 0 Å². The van der Waals surface area contributed by atoms with Gasteiger partial charge in [-0.1, -0.05) is 90.5 Å². The number of sulfonamides is 1. The minimum Gasteiger partial charge on any atom is -0.352 e. The molecule has 1 unspecified atom stereocenters. The van der Waals surface area contributed by atoms with E-state index in [-0.39, 0.29) is 34.1 Å². The molecule has 1 fully saturated rings. The highest BCUT2D eigenvalue weighted by Gasteiger charge is 2.34. The van der Waals surface area contributed by atoms with Crippen molar-refractivity contribution in [2.75, 3.05) is 10.8 Å². The lowest BCUT2D eigenvalue weighted by Crippen LogP contribution is -2.53. The maximum Gasteiger partial charge on any atom is 0.264 e. The number of anilines is 1. The molecule has 11 heteroatoms. The number of benzene rings is 3. The van der Waals surface area contributed by atoms with Crippen LogP contribution in [0.1, 0.15) is 44.6 Å². The quantitative estimate of drug-likeness (QED) is 0.268. The van der Waals surface area contributed by atoms with Gasteiger partial charge in [0.2, 0.25) is 11.8 Å². The van der Waals surface area contributed by atoms with Crippen LogP contribution in [0.2, 0.25) is 15.1 Å². The van der Waals surface area contributed by atoms with E-state index >= 15 is 0 Å². The molecule has 0 heterocycles. The number of hydrogen-bond acceptors (Lipinski definition) is 4. The Bertz CT molecular complexity index is 1480. The number of amides is 2. The predicted molar refractivity (Wildman–Crippen MR) is 164 cm³/mol. The monoisotopic (exact) mass is 635 g/mol. The first-order valence-electron chi connectivity index (χ1n) is 13.4. The van der Waals surface area contributed by atoms with E-state index in [9.17, 15) is 18.0 Å². The second-order valence-corrected chi connectivity index (χ2v) is 13.2. The molecule has 218 valence electrons. The van der Waals surface area contributed by atoms with Gasteiger partial charge in [0.1, 0.15) is 12.6 Å². The van der Waals surface area contributed by atoms with Gasteiger partial charge < -0.3 is 10.2 Å². The summed E-state index contributed by atoms with van der Waals surface area (Å²) in [6, 6.07) is 18.2. The Kier molecular flexibility index (Phi) is 10.6. The van der Waals surface area contributed by atoms with Crippen molar-refractivity contribution in [1.82, 2.24) is 10.2 Å². The van der Waals surface area contributed by atoms with Gasteiger partial charge in [0, 0.05) is 22.6 Å². The second-order valence-electron chi connectivity index (χ2n) is 10.1. The van der Waals surface area contributed by atoms with Crippen molar-refractivity contribution in [2.24, 2.45) is 0 Å². The Hall–Kier alpha value is -2.78. The summed E-state index contributed by atoms with van der Waals surface area (Å²) in [5.41, 5.74) is 0.715. The Morgan fingerprint density at radius 2 is 1.56 bits per heavy atom. The molecule has 0 saturated heterocycles. The number of halogens is 3. The first-order valence-corrected chi connectivity index (χ1v) is 16.0. The van der Waals surface area contributed by atoms with Crippen molar-refractivity contribution in [2.45, 2.75) is 62.6 Å². The second kappa shape index (κ2) is 13.9. The molecule has 1 atom stereocenters. The van der Waals surface area contributed by atoms with Gasteiger partial charge >= 0.3 is 0 Å². The van der Waals surface area contributed by atoms with E-state index < -0.39 is 28.5 Å². The summed E-state index contributed by atoms with van der Waals surface area (Å²) in [6.45, 7) is 1.01. The zero-order chi connectivity index (χ0) is 29.6. The van der Waals surface area contributed by atoms with Crippen molar-refractivity contribution in [1.29, 1.82) is 0 Å². The predicted octanol–water partition coefficient (Wildman–Crippen LogP) is 6.71. The van der Waals surface area contributed by atoms with E-state index in [0.717, 1.165) is 36.4 Å². The summed E-state index contributed by atoms with van der Waals surface area (Å²) in [6.07, 6.45) is 4.96. The first kappa shape index (κ1) is 31.2. The third-order valence-electron chi connectivity index (χ3n) is 7.21. The smallest absolute Gasteiger partial charge is 0.264 e. The van der Waals surface area contributed by atoms with Crippen LogP contribution in [0.3, 0.4) is 0 Å². The lowest BCUT2D eigenvalue weighted by atomic mass is 9.95. The lowest BCUT2D eigenvalue weighted by molar-refractivity contribution is -0.139. The van der Waals surface area contributed by atoms with Crippen LogP contribution < -0.4 is 9.62 Å². The SMILES string of the molecule is CC(C(=O)NC1CCCCC1)N(Cc1ccc(Cl)cc1Cl)C(=O)CN(c1ccccc1Cl)S(=O)(=O)c1ccccc1. The fourth-order valence-electron chi connectivity index (χ4n) is 4.87. The molecule has 41 heavy (non-hydrogen) atoms. The minimum atomic E-state index is -4.20. The molecule has 1 aliphatic rings. The number of nitrogens with one attached hydrogen (secondary N) is 1. The van der Waals surface area contributed by atoms with Gasteiger partial charge in [0.05, 0.1) is 15.6 Å². The maximum atomic E-state index is 14.1. The molecule has 4 rings (SSSR count). The summed E-state index contributed by atoms with van der Waals surface area (Å²) < 4.78 is 28.7. The fourth-order valence-corrected chi connectivity index (χ4v) is 7.08. The number of para-hydroxylation sites is 1. The van der Waals surface area contributed by atoms with Gasteiger partial charge in [-0.05, 0) is 61.7 Å². The molecule has 1 aliphatic carbocycles. The highest BCUT2D eigenvalue weighted by molar-refractivity contribution is 7.92. The topological polar surface area (TPSA) is 86.8 Å². The highest BCUT2D eigenvalue weighted by Crippen LogP contribution is 2.31. The number of carbonyl (C=O) groups is 2. The van der Waals surface area contributed by atoms with Gasteiger partial charge in [0.15, 0.2) is 0 Å². The molecule has 0 bridgehead atoms. The van der Waals surface area contributed by atoms with E-state index in [1.807, 2.05) is 0 Å². The average Bonchev–Trinajstić information content (AvgIpc) is 2.96. The van der Waals surface area contributed by atoms with Crippen LogP contribution in [0, 0.1) is 0 Å². The zero-order valence-electron chi connectivity index (χ0n) is 22.6. The normalized spacial score (nSPS) is 14.7. The van der Waals surface area contributed by atoms with Crippen LogP contribution in [0.25, 0.3) is 0 Å². The Balaban J connectivity index is 1.69. The van der Waals surface area contributed by atoms with Gasteiger partial charge in [-0.3, -0.25) is 13.9 Å². The van der Waals surface area contributed by atoms with E-state index in [2.05, 4.69) is 5.32 Å². The standard InChI is InChI=1S/C30H32Cl3N3O4S/c1-21(30(38)34-24-10-4-2-5-11-24)35(19-22-16-17-23(31)18-27(22)33)29(37)20-36(28-15-9-8-14-26(28)32)41(39,40)25-12-6-3-7-13-25/h3,6-9,12-18,21,24H,2,4-5,10-11,19-20H2,1H3,(H,34,38).